The molecule has 248 valence electrons. The topological polar surface area (TPSA) is 91.1 Å². The van der Waals surface area contributed by atoms with E-state index in [-0.39, 0.29) is 6.16 Å². The van der Waals surface area contributed by atoms with Crippen molar-refractivity contribution in [1.82, 2.24) is 9.97 Å². The summed E-state index contributed by atoms with van der Waals surface area (Å²) >= 11 is 0. The summed E-state index contributed by atoms with van der Waals surface area (Å²) in [7, 11) is -4.17. The summed E-state index contributed by atoms with van der Waals surface area (Å²) in [6, 6.07) is 34.6. The first-order valence-electron chi connectivity index (χ1n) is 17.0. The molecule has 0 unspecified atom stereocenters. The standard InChI is InChI=1S/C41H41N4O3P/c1-3-5-23-44-25-19-34(20-26-44)32-11-15-36(16-12-32)39-29-40(43-41(42-39)38-9-7-31(8-10-38)30-49(46,47)48)37-17-13-33(14-18-37)35-21-27-45(28-22-35)24-6-4-2/h7-22,25-29H,3-6,23-24,30H2,1-2H3/p+2. The van der Waals surface area contributed by atoms with Crippen LogP contribution in [0.5, 0.6) is 0 Å². The molecule has 0 aliphatic heterocycles. The van der Waals surface area contributed by atoms with Gasteiger partial charge in [-0.2, -0.15) is 0 Å². The summed E-state index contributed by atoms with van der Waals surface area (Å²) in [5.74, 6) is 0.544. The molecule has 0 bridgehead atoms. The Hall–Kier alpha value is -4.81. The summed E-state index contributed by atoms with van der Waals surface area (Å²) in [5, 5.41) is 0. The maximum absolute atomic E-state index is 11.6. The number of hydrogen-bond donors (Lipinski definition) is 2. The average Bonchev–Trinajstić information content (AvgIpc) is 3.13. The number of benzene rings is 3. The molecule has 3 heterocycles. The third-order valence-electron chi connectivity index (χ3n) is 8.68. The molecule has 2 N–H and O–H groups in total. The minimum atomic E-state index is -4.17. The van der Waals surface area contributed by atoms with Crippen molar-refractivity contribution in [2.45, 2.75) is 58.8 Å². The van der Waals surface area contributed by atoms with Crippen molar-refractivity contribution in [2.75, 3.05) is 0 Å². The molecular formula is C41H43N4O3P+2. The normalized spacial score (nSPS) is 11.5. The van der Waals surface area contributed by atoms with E-state index in [1.54, 1.807) is 12.1 Å². The first-order valence-corrected chi connectivity index (χ1v) is 18.8. The molecule has 0 atom stereocenters. The van der Waals surface area contributed by atoms with Crippen LogP contribution in [0, 0.1) is 0 Å². The van der Waals surface area contributed by atoms with Gasteiger partial charge in [-0.25, -0.2) is 19.1 Å². The third kappa shape index (κ3) is 9.01. The Balaban J connectivity index is 1.32. The Morgan fingerprint density at radius 2 is 0.898 bits per heavy atom. The molecule has 0 saturated heterocycles. The van der Waals surface area contributed by atoms with Crippen LogP contribution in [0.1, 0.15) is 45.1 Å². The van der Waals surface area contributed by atoms with Gasteiger partial charge in [-0.1, -0.05) is 99.5 Å². The minimum Gasteiger partial charge on any atom is -0.324 e. The molecule has 0 aliphatic carbocycles. The average molecular weight is 671 g/mol. The smallest absolute Gasteiger partial charge is 0.324 e. The number of nitrogens with zero attached hydrogens (tertiary/aromatic N) is 4. The van der Waals surface area contributed by atoms with Crippen molar-refractivity contribution < 1.29 is 23.5 Å². The lowest BCUT2D eigenvalue weighted by Gasteiger charge is -2.11. The van der Waals surface area contributed by atoms with Gasteiger partial charge in [0.15, 0.2) is 30.6 Å². The van der Waals surface area contributed by atoms with Gasteiger partial charge in [0.05, 0.1) is 17.5 Å². The quantitative estimate of drug-likeness (QED) is 0.0948. The van der Waals surface area contributed by atoms with Crippen molar-refractivity contribution in [1.29, 1.82) is 0 Å². The van der Waals surface area contributed by atoms with Gasteiger partial charge in [-0.15, -0.1) is 0 Å². The lowest BCUT2D eigenvalue weighted by atomic mass is 10.0. The van der Waals surface area contributed by atoms with Gasteiger partial charge in [0.1, 0.15) is 13.1 Å². The molecule has 8 heteroatoms. The molecule has 0 aliphatic rings. The van der Waals surface area contributed by atoms with E-state index in [4.69, 9.17) is 9.97 Å². The summed E-state index contributed by atoms with van der Waals surface area (Å²) in [6.45, 7) is 6.45. The summed E-state index contributed by atoms with van der Waals surface area (Å²) in [6.07, 6.45) is 12.9. The molecule has 3 aromatic heterocycles. The number of unbranched alkanes of at least 4 members (excludes halogenated alkanes) is 2. The molecule has 0 amide bonds. The summed E-state index contributed by atoms with van der Waals surface area (Å²) in [5.41, 5.74) is 9.44. The number of aromatic nitrogens is 4. The Kier molecular flexibility index (Phi) is 10.8. The van der Waals surface area contributed by atoms with Gasteiger partial charge in [0.25, 0.3) is 0 Å². The highest BCUT2D eigenvalue weighted by atomic mass is 31.2. The van der Waals surface area contributed by atoms with Gasteiger partial charge >= 0.3 is 7.60 Å². The monoisotopic (exact) mass is 670 g/mol. The van der Waals surface area contributed by atoms with E-state index in [9.17, 15) is 14.4 Å². The molecular weight excluding hydrogens is 627 g/mol. The Bertz CT molecular complexity index is 1910. The highest BCUT2D eigenvalue weighted by Gasteiger charge is 2.16. The van der Waals surface area contributed by atoms with Gasteiger partial charge in [-0.05, 0) is 33.9 Å². The molecule has 6 aromatic rings. The van der Waals surface area contributed by atoms with Crippen molar-refractivity contribution in [3.63, 3.8) is 0 Å². The zero-order chi connectivity index (χ0) is 34.2. The van der Waals surface area contributed by atoms with E-state index < -0.39 is 7.60 Å². The SMILES string of the molecule is CCCC[n+]1ccc(-c2ccc(-c3cc(-c4ccc(-c5cc[n+](CCCC)cc5)cc4)nc(-c4ccc(CP(=O)(O)O)cc4)n3)cc2)cc1. The van der Waals surface area contributed by atoms with Crippen molar-refractivity contribution in [3.05, 3.63) is 133 Å². The maximum atomic E-state index is 11.6. The molecule has 7 nitrogen and oxygen atoms in total. The van der Waals surface area contributed by atoms with Crippen LogP contribution in [0.25, 0.3) is 56.2 Å². The second-order valence-electron chi connectivity index (χ2n) is 12.5. The van der Waals surface area contributed by atoms with E-state index in [1.165, 1.54) is 12.8 Å². The van der Waals surface area contributed by atoms with Gasteiger partial charge < -0.3 is 9.79 Å². The first kappa shape index (κ1) is 34.1. The van der Waals surface area contributed by atoms with Crippen LogP contribution in [0.4, 0.5) is 0 Å². The van der Waals surface area contributed by atoms with Gasteiger partial charge in [0, 0.05) is 53.8 Å². The number of aryl methyl sites for hydroxylation is 2. The molecule has 0 spiro atoms. The second-order valence-corrected chi connectivity index (χ2v) is 14.1. The lowest BCUT2D eigenvalue weighted by molar-refractivity contribution is -0.697. The molecule has 0 radical (unpaired) electrons. The molecule has 6 rings (SSSR count). The maximum Gasteiger partial charge on any atom is 0.329 e. The van der Waals surface area contributed by atoms with Crippen LogP contribution in [-0.4, -0.2) is 19.8 Å². The van der Waals surface area contributed by atoms with E-state index in [0.717, 1.165) is 76.3 Å². The molecule has 49 heavy (non-hydrogen) atoms. The van der Waals surface area contributed by atoms with E-state index in [1.807, 2.05) is 18.2 Å². The predicted molar refractivity (Wildman–Crippen MR) is 195 cm³/mol. The highest BCUT2D eigenvalue weighted by molar-refractivity contribution is 7.50. The first-order chi connectivity index (χ1) is 23.8. The summed E-state index contributed by atoms with van der Waals surface area (Å²) < 4.78 is 16.0. The fourth-order valence-corrected chi connectivity index (χ4v) is 6.50. The highest BCUT2D eigenvalue weighted by Crippen LogP contribution is 2.39. The summed E-state index contributed by atoms with van der Waals surface area (Å²) in [4.78, 5) is 28.8. The van der Waals surface area contributed by atoms with Crippen molar-refractivity contribution >= 4 is 7.60 Å². The lowest BCUT2D eigenvalue weighted by Crippen LogP contribution is -2.32. The number of hydrogen-bond acceptors (Lipinski definition) is 3. The zero-order valence-electron chi connectivity index (χ0n) is 28.1. The minimum absolute atomic E-state index is 0.307. The van der Waals surface area contributed by atoms with Crippen molar-refractivity contribution in [3.8, 4) is 56.2 Å². The third-order valence-corrected chi connectivity index (χ3v) is 9.45. The van der Waals surface area contributed by atoms with E-state index in [2.05, 4.69) is 121 Å². The fraction of sp³-hybridized carbons (Fsp3) is 0.220. The van der Waals surface area contributed by atoms with Crippen molar-refractivity contribution in [2.24, 2.45) is 0 Å². The van der Waals surface area contributed by atoms with Crippen LogP contribution in [-0.2, 0) is 23.8 Å². The van der Waals surface area contributed by atoms with Crippen LogP contribution in [0.3, 0.4) is 0 Å². The van der Waals surface area contributed by atoms with E-state index >= 15 is 0 Å². The van der Waals surface area contributed by atoms with Gasteiger partial charge in [-0.3, -0.25) is 4.57 Å². The second kappa shape index (κ2) is 15.6. The van der Waals surface area contributed by atoms with E-state index in [0.29, 0.717) is 11.4 Å². The molecule has 0 fully saturated rings. The van der Waals surface area contributed by atoms with Crippen LogP contribution in [0.2, 0.25) is 0 Å². The van der Waals surface area contributed by atoms with Crippen LogP contribution >= 0.6 is 7.60 Å². The molecule has 0 saturated carbocycles. The molecule has 3 aromatic carbocycles. The predicted octanol–water partition coefficient (Wildman–Crippen LogP) is 8.66. The Labute approximate surface area is 288 Å². The largest absolute Gasteiger partial charge is 0.329 e. The number of rotatable bonds is 13. The fourth-order valence-electron chi connectivity index (χ4n) is 5.82. The van der Waals surface area contributed by atoms with Crippen LogP contribution < -0.4 is 9.13 Å². The van der Waals surface area contributed by atoms with Gasteiger partial charge in [0.2, 0.25) is 0 Å². The zero-order valence-corrected chi connectivity index (χ0v) is 29.0. The Morgan fingerprint density at radius 1 is 0.531 bits per heavy atom. The number of pyridine rings is 2. The Morgan fingerprint density at radius 3 is 1.29 bits per heavy atom. The van der Waals surface area contributed by atoms with Crippen LogP contribution in [0.15, 0.2) is 128 Å².